The Morgan fingerprint density at radius 1 is 0.806 bits per heavy atom. The number of nitrogens with zero attached hydrogens (tertiary/aromatic N) is 1. The molecule has 0 spiro atoms. The zero-order valence-electron chi connectivity index (χ0n) is 16.4. The summed E-state index contributed by atoms with van der Waals surface area (Å²) in [5, 5.41) is 15.4. The first-order chi connectivity index (χ1) is 15.1. The second kappa shape index (κ2) is 8.92. The molecule has 0 bridgehead atoms. The molecule has 1 amide bonds. The van der Waals surface area contributed by atoms with Gasteiger partial charge in [-0.05, 0) is 58.8 Å². The summed E-state index contributed by atoms with van der Waals surface area (Å²) >= 11 is 0. The Hall–Kier alpha value is -4.45. The number of aromatic hydroxyl groups is 1. The molecule has 2 N–H and O–H groups in total. The van der Waals surface area contributed by atoms with Gasteiger partial charge >= 0.3 is 5.97 Å². The van der Waals surface area contributed by atoms with E-state index in [0.29, 0.717) is 16.9 Å². The fourth-order valence-corrected chi connectivity index (χ4v) is 3.08. The van der Waals surface area contributed by atoms with Gasteiger partial charge < -0.3 is 9.84 Å². The molecule has 152 valence electrons. The summed E-state index contributed by atoms with van der Waals surface area (Å²) in [6.07, 6.45) is 1.45. The van der Waals surface area contributed by atoms with Crippen molar-refractivity contribution in [2.24, 2.45) is 5.10 Å². The molecule has 0 saturated heterocycles. The third-order valence-corrected chi connectivity index (χ3v) is 4.63. The highest BCUT2D eigenvalue weighted by Gasteiger charge is 2.12. The molecule has 6 nitrogen and oxygen atoms in total. The quantitative estimate of drug-likeness (QED) is 0.219. The summed E-state index contributed by atoms with van der Waals surface area (Å²) in [5.41, 5.74) is 3.69. The van der Waals surface area contributed by atoms with Gasteiger partial charge in [-0.25, -0.2) is 10.2 Å². The molecule has 0 fully saturated rings. The molecule has 4 aromatic carbocycles. The van der Waals surface area contributed by atoms with Crippen LogP contribution in [-0.4, -0.2) is 23.2 Å². The van der Waals surface area contributed by atoms with Gasteiger partial charge in [0, 0.05) is 0 Å². The van der Waals surface area contributed by atoms with Gasteiger partial charge in [0.25, 0.3) is 5.91 Å². The van der Waals surface area contributed by atoms with E-state index in [1.165, 1.54) is 18.3 Å². The van der Waals surface area contributed by atoms with Crippen LogP contribution in [0.5, 0.6) is 11.5 Å². The van der Waals surface area contributed by atoms with Crippen molar-refractivity contribution in [3.63, 3.8) is 0 Å². The standard InChI is InChI=1S/C25H18N2O4/c28-23-11-4-3-9-22(23)24(29)27-26-16-17-12-14-19(15-13-17)31-25(30)21-10-5-7-18-6-1-2-8-20(18)21/h1-16,28H,(H,27,29)/b26-16+. The summed E-state index contributed by atoms with van der Waals surface area (Å²) in [6, 6.07) is 26.0. The number of nitrogens with one attached hydrogen (secondary N) is 1. The molecule has 6 heteroatoms. The zero-order chi connectivity index (χ0) is 21.6. The van der Waals surface area contributed by atoms with Crippen molar-refractivity contribution >= 4 is 28.9 Å². The number of phenols is 1. The fraction of sp³-hybridized carbons (Fsp3) is 0. The number of hydrazone groups is 1. The van der Waals surface area contributed by atoms with Crippen LogP contribution in [0.25, 0.3) is 10.8 Å². The lowest BCUT2D eigenvalue weighted by atomic mass is 10.0. The van der Waals surface area contributed by atoms with Gasteiger partial charge in [0.1, 0.15) is 11.5 Å². The molecule has 0 atom stereocenters. The van der Waals surface area contributed by atoms with Crippen molar-refractivity contribution in [1.82, 2.24) is 5.43 Å². The predicted octanol–water partition coefficient (Wildman–Crippen LogP) is 4.53. The summed E-state index contributed by atoms with van der Waals surface area (Å²) < 4.78 is 5.50. The van der Waals surface area contributed by atoms with Gasteiger partial charge in [-0.2, -0.15) is 5.10 Å². The Kier molecular flexibility index (Phi) is 5.71. The molecule has 0 heterocycles. The summed E-state index contributed by atoms with van der Waals surface area (Å²) in [7, 11) is 0. The van der Waals surface area contributed by atoms with Crippen LogP contribution in [-0.2, 0) is 0 Å². The van der Waals surface area contributed by atoms with Crippen LogP contribution in [0.3, 0.4) is 0 Å². The molecular formula is C25H18N2O4. The van der Waals surface area contributed by atoms with Crippen LogP contribution in [0.4, 0.5) is 0 Å². The van der Waals surface area contributed by atoms with Crippen molar-refractivity contribution in [3.8, 4) is 11.5 Å². The van der Waals surface area contributed by atoms with Crippen LogP contribution in [0.15, 0.2) is 96.1 Å². The van der Waals surface area contributed by atoms with Gasteiger partial charge in [-0.15, -0.1) is 0 Å². The van der Waals surface area contributed by atoms with Crippen molar-refractivity contribution in [2.75, 3.05) is 0 Å². The van der Waals surface area contributed by atoms with E-state index in [-0.39, 0.29) is 11.3 Å². The van der Waals surface area contributed by atoms with E-state index in [2.05, 4.69) is 10.5 Å². The van der Waals surface area contributed by atoms with E-state index in [4.69, 9.17) is 4.74 Å². The highest BCUT2D eigenvalue weighted by molar-refractivity contribution is 6.05. The lowest BCUT2D eigenvalue weighted by Crippen LogP contribution is -2.17. The van der Waals surface area contributed by atoms with Crippen LogP contribution < -0.4 is 10.2 Å². The van der Waals surface area contributed by atoms with Gasteiger partial charge in [0.2, 0.25) is 0 Å². The summed E-state index contributed by atoms with van der Waals surface area (Å²) in [5.74, 6) is -0.677. The first-order valence-corrected chi connectivity index (χ1v) is 9.53. The summed E-state index contributed by atoms with van der Waals surface area (Å²) in [6.45, 7) is 0. The second-order valence-electron chi connectivity index (χ2n) is 6.70. The smallest absolute Gasteiger partial charge is 0.344 e. The lowest BCUT2D eigenvalue weighted by Gasteiger charge is -2.07. The highest BCUT2D eigenvalue weighted by atomic mass is 16.5. The minimum atomic E-state index is -0.519. The van der Waals surface area contributed by atoms with Crippen molar-refractivity contribution in [2.45, 2.75) is 0 Å². The van der Waals surface area contributed by atoms with E-state index in [9.17, 15) is 14.7 Å². The van der Waals surface area contributed by atoms with Crippen LogP contribution >= 0.6 is 0 Å². The van der Waals surface area contributed by atoms with E-state index >= 15 is 0 Å². The number of hydrogen-bond donors (Lipinski definition) is 2. The van der Waals surface area contributed by atoms with E-state index < -0.39 is 11.9 Å². The molecule has 4 rings (SSSR count). The van der Waals surface area contributed by atoms with Crippen LogP contribution in [0.2, 0.25) is 0 Å². The molecule has 0 radical (unpaired) electrons. The average Bonchev–Trinajstić information content (AvgIpc) is 2.80. The molecule has 0 aromatic heterocycles. The second-order valence-corrected chi connectivity index (χ2v) is 6.70. The average molecular weight is 410 g/mol. The fourth-order valence-electron chi connectivity index (χ4n) is 3.08. The van der Waals surface area contributed by atoms with Gasteiger partial charge in [-0.1, -0.05) is 48.5 Å². The Bertz CT molecular complexity index is 1270. The molecule has 0 unspecified atom stereocenters. The van der Waals surface area contributed by atoms with Crippen molar-refractivity contribution < 1.29 is 19.4 Å². The Morgan fingerprint density at radius 2 is 1.48 bits per heavy atom. The topological polar surface area (TPSA) is 88.0 Å². The monoisotopic (exact) mass is 410 g/mol. The molecular weight excluding hydrogens is 392 g/mol. The number of ether oxygens (including phenoxy) is 1. The first-order valence-electron chi connectivity index (χ1n) is 9.53. The van der Waals surface area contributed by atoms with E-state index in [1.807, 2.05) is 36.4 Å². The number of amides is 1. The van der Waals surface area contributed by atoms with Crippen LogP contribution in [0, 0.1) is 0 Å². The Balaban J connectivity index is 1.40. The largest absolute Gasteiger partial charge is 0.507 e. The molecule has 0 aliphatic carbocycles. The van der Waals surface area contributed by atoms with Crippen molar-refractivity contribution in [3.05, 3.63) is 108 Å². The van der Waals surface area contributed by atoms with Gasteiger partial charge in [0.15, 0.2) is 0 Å². The maximum Gasteiger partial charge on any atom is 0.344 e. The molecule has 0 aliphatic rings. The number of fused-ring (bicyclic) bond motifs is 1. The van der Waals surface area contributed by atoms with Crippen molar-refractivity contribution in [1.29, 1.82) is 0 Å². The third-order valence-electron chi connectivity index (χ3n) is 4.63. The Morgan fingerprint density at radius 3 is 2.29 bits per heavy atom. The third kappa shape index (κ3) is 4.59. The maximum atomic E-state index is 12.6. The highest BCUT2D eigenvalue weighted by Crippen LogP contribution is 2.21. The minimum Gasteiger partial charge on any atom is -0.507 e. The van der Waals surface area contributed by atoms with E-state index in [1.54, 1.807) is 42.5 Å². The number of carbonyl (C=O) groups is 2. The normalized spacial score (nSPS) is 10.8. The molecule has 0 saturated carbocycles. The predicted molar refractivity (Wildman–Crippen MR) is 119 cm³/mol. The number of hydrogen-bond acceptors (Lipinski definition) is 5. The summed E-state index contributed by atoms with van der Waals surface area (Å²) in [4.78, 5) is 24.6. The number of phenolic OH excluding ortho intramolecular Hbond substituents is 1. The lowest BCUT2D eigenvalue weighted by molar-refractivity contribution is 0.0736. The number of esters is 1. The Labute approximate surface area is 178 Å². The van der Waals surface area contributed by atoms with Gasteiger partial charge in [-0.3, -0.25) is 4.79 Å². The number of benzene rings is 4. The molecule has 4 aromatic rings. The number of carbonyl (C=O) groups excluding carboxylic acids is 2. The van der Waals surface area contributed by atoms with Gasteiger partial charge in [0.05, 0.1) is 17.3 Å². The minimum absolute atomic E-state index is 0.118. The maximum absolute atomic E-state index is 12.6. The van der Waals surface area contributed by atoms with Crippen LogP contribution in [0.1, 0.15) is 26.3 Å². The van der Waals surface area contributed by atoms with E-state index in [0.717, 1.165) is 10.8 Å². The first kappa shape index (κ1) is 19.8. The molecule has 0 aliphatic heterocycles. The zero-order valence-corrected chi connectivity index (χ0v) is 16.4. The molecule has 31 heavy (non-hydrogen) atoms. The SMILES string of the molecule is O=C(N/N=C/c1ccc(OC(=O)c2cccc3ccccc23)cc1)c1ccccc1O. The number of rotatable bonds is 5. The number of para-hydroxylation sites is 1.